The second kappa shape index (κ2) is 8.85. The molecule has 0 unspecified atom stereocenters. The quantitative estimate of drug-likeness (QED) is 0.375. The topological polar surface area (TPSA) is 30.9 Å². The molecule has 4 aromatic rings. The van der Waals surface area contributed by atoms with Gasteiger partial charge in [-0.1, -0.05) is 48.5 Å². The molecule has 34 heavy (non-hydrogen) atoms. The molecule has 1 N–H and O–H groups in total. The highest BCUT2D eigenvalue weighted by atomic mass is 32.1. The maximum atomic E-state index is 14.1. The van der Waals surface area contributed by atoms with Crippen molar-refractivity contribution in [1.29, 1.82) is 0 Å². The number of likely N-dealkylation sites (N-methyl/N-ethyl adjacent to an activating group) is 1. The van der Waals surface area contributed by atoms with Crippen LogP contribution >= 0.6 is 11.3 Å². The molecule has 3 aromatic carbocycles. The van der Waals surface area contributed by atoms with E-state index in [0.29, 0.717) is 6.04 Å². The average molecular weight is 471 g/mol. The van der Waals surface area contributed by atoms with Gasteiger partial charge in [-0.3, -0.25) is 4.90 Å². The van der Waals surface area contributed by atoms with Crippen molar-refractivity contribution in [2.75, 3.05) is 32.0 Å². The summed E-state index contributed by atoms with van der Waals surface area (Å²) in [7, 11) is 2.23. The van der Waals surface area contributed by atoms with Crippen molar-refractivity contribution >= 4 is 43.6 Å². The van der Waals surface area contributed by atoms with Crippen molar-refractivity contribution in [1.82, 2.24) is 9.80 Å². The van der Waals surface area contributed by atoms with Gasteiger partial charge in [0.25, 0.3) is 0 Å². The molecule has 0 saturated carbocycles. The van der Waals surface area contributed by atoms with Crippen molar-refractivity contribution in [2.45, 2.75) is 18.9 Å². The molecule has 2 aliphatic rings. The van der Waals surface area contributed by atoms with Gasteiger partial charge < -0.3 is 10.2 Å². The molecule has 0 amide bonds. The fourth-order valence-electron chi connectivity index (χ4n) is 5.01. The highest BCUT2D eigenvalue weighted by Crippen LogP contribution is 2.43. The summed E-state index contributed by atoms with van der Waals surface area (Å²) < 4.78 is 15.3. The van der Waals surface area contributed by atoms with Crippen LogP contribution in [0.2, 0.25) is 0 Å². The van der Waals surface area contributed by atoms with Gasteiger partial charge >= 0.3 is 0 Å². The van der Waals surface area contributed by atoms with Crippen LogP contribution < -0.4 is 5.32 Å². The highest BCUT2D eigenvalue weighted by Gasteiger charge is 2.31. The number of benzene rings is 3. The van der Waals surface area contributed by atoms with E-state index in [0.717, 1.165) is 60.3 Å². The number of anilines is 2. The van der Waals surface area contributed by atoms with Gasteiger partial charge in [0.2, 0.25) is 0 Å². The lowest BCUT2D eigenvalue weighted by molar-refractivity contribution is 0.134. The van der Waals surface area contributed by atoms with Gasteiger partial charge in [-0.25, -0.2) is 9.38 Å². The summed E-state index contributed by atoms with van der Waals surface area (Å²) in [6.07, 6.45) is 2.16. The minimum Gasteiger partial charge on any atom is -0.353 e. The van der Waals surface area contributed by atoms with Crippen LogP contribution in [0, 0.1) is 5.82 Å². The molecular formula is C28H27FN4S. The number of fused-ring (bicyclic) bond motifs is 4. The first-order chi connectivity index (χ1) is 16.7. The predicted molar refractivity (Wildman–Crippen MR) is 140 cm³/mol. The number of thiophene rings is 1. The largest absolute Gasteiger partial charge is 0.353 e. The molecule has 4 nitrogen and oxygen atoms in total. The van der Waals surface area contributed by atoms with Crippen molar-refractivity contribution in [3.05, 3.63) is 89.7 Å². The third-order valence-corrected chi connectivity index (χ3v) is 8.02. The lowest BCUT2D eigenvalue weighted by Crippen LogP contribution is -2.53. The van der Waals surface area contributed by atoms with Crippen LogP contribution in [0.5, 0.6) is 0 Å². The van der Waals surface area contributed by atoms with Gasteiger partial charge in [0.1, 0.15) is 16.7 Å². The van der Waals surface area contributed by atoms with Gasteiger partial charge in [-0.15, -0.1) is 11.3 Å². The zero-order valence-corrected chi connectivity index (χ0v) is 20.0. The van der Waals surface area contributed by atoms with Crippen LogP contribution in [-0.2, 0) is 6.42 Å². The Bertz CT molecular complexity index is 1360. The summed E-state index contributed by atoms with van der Waals surface area (Å²) in [5.41, 5.74) is 4.01. The van der Waals surface area contributed by atoms with Crippen LogP contribution in [0.25, 0.3) is 10.1 Å². The maximum absolute atomic E-state index is 14.1. The molecule has 0 aliphatic carbocycles. The lowest BCUT2D eigenvalue weighted by Gasteiger charge is -2.41. The fraction of sp³-hybridized carbons (Fsp3) is 0.250. The number of nitrogens with zero attached hydrogens (tertiary/aromatic N) is 3. The van der Waals surface area contributed by atoms with Crippen molar-refractivity contribution in [3.63, 3.8) is 0 Å². The van der Waals surface area contributed by atoms with E-state index in [1.165, 1.54) is 21.7 Å². The van der Waals surface area contributed by atoms with E-state index in [2.05, 4.69) is 76.8 Å². The maximum Gasteiger partial charge on any atom is 0.140 e. The Balaban J connectivity index is 1.38. The van der Waals surface area contributed by atoms with E-state index in [1.807, 2.05) is 0 Å². The monoisotopic (exact) mass is 470 g/mol. The Morgan fingerprint density at radius 2 is 1.85 bits per heavy atom. The fourth-order valence-corrected chi connectivity index (χ4v) is 6.12. The van der Waals surface area contributed by atoms with Crippen LogP contribution in [0.15, 0.2) is 77.8 Å². The number of aliphatic imine (C=N–C) groups is 1. The number of rotatable bonds is 3. The third-order valence-electron chi connectivity index (χ3n) is 6.94. The Kier molecular flexibility index (Phi) is 5.55. The van der Waals surface area contributed by atoms with Gasteiger partial charge in [0.05, 0.1) is 16.9 Å². The summed E-state index contributed by atoms with van der Waals surface area (Å²) in [5.74, 6) is 0.733. The van der Waals surface area contributed by atoms with Gasteiger partial charge in [0, 0.05) is 35.8 Å². The van der Waals surface area contributed by atoms with E-state index in [1.54, 1.807) is 23.5 Å². The first-order valence-corrected chi connectivity index (χ1v) is 12.6. The number of hydrogen-bond donors (Lipinski definition) is 1. The first kappa shape index (κ1) is 21.3. The number of hydrogen-bond acceptors (Lipinski definition) is 5. The minimum absolute atomic E-state index is 0.256. The van der Waals surface area contributed by atoms with E-state index >= 15 is 0 Å². The predicted octanol–water partition coefficient (Wildman–Crippen LogP) is 6.42. The third kappa shape index (κ3) is 3.97. The second-order valence-corrected chi connectivity index (χ2v) is 10.2. The molecule has 6 heteroatoms. The molecular weight excluding hydrogens is 443 g/mol. The highest BCUT2D eigenvalue weighted by molar-refractivity contribution is 7.23. The van der Waals surface area contributed by atoms with E-state index < -0.39 is 0 Å². The molecule has 0 radical (unpaired) electrons. The SMILES string of the molecule is CN1CCN(C2=Nc3ccc(F)cc3Nc3sc4ccccc4c32)C[C@@H]1CCc1ccccc1. The summed E-state index contributed by atoms with van der Waals surface area (Å²) in [6, 6.07) is 24.4. The zero-order chi connectivity index (χ0) is 23.1. The van der Waals surface area contributed by atoms with Gasteiger partial charge in [0.15, 0.2) is 0 Å². The summed E-state index contributed by atoms with van der Waals surface area (Å²) in [5, 5.41) is 5.72. The van der Waals surface area contributed by atoms with E-state index in [-0.39, 0.29) is 5.82 Å². The Morgan fingerprint density at radius 1 is 1.03 bits per heavy atom. The van der Waals surface area contributed by atoms with Crippen molar-refractivity contribution in [2.24, 2.45) is 4.99 Å². The number of nitrogens with one attached hydrogen (secondary N) is 1. The first-order valence-electron chi connectivity index (χ1n) is 11.8. The van der Waals surface area contributed by atoms with Crippen LogP contribution in [-0.4, -0.2) is 48.4 Å². The van der Waals surface area contributed by atoms with Gasteiger partial charge in [-0.2, -0.15) is 0 Å². The molecule has 1 atom stereocenters. The molecule has 0 spiro atoms. The average Bonchev–Trinajstić information content (AvgIpc) is 3.13. The van der Waals surface area contributed by atoms with Crippen LogP contribution in [0.3, 0.4) is 0 Å². The van der Waals surface area contributed by atoms with E-state index in [9.17, 15) is 4.39 Å². The normalized spacial score (nSPS) is 18.1. The molecule has 1 aromatic heterocycles. The van der Waals surface area contributed by atoms with Gasteiger partial charge in [-0.05, 0) is 49.7 Å². The van der Waals surface area contributed by atoms with Crippen molar-refractivity contribution in [3.8, 4) is 0 Å². The molecule has 2 aliphatic heterocycles. The molecule has 6 rings (SSSR count). The van der Waals surface area contributed by atoms with Crippen LogP contribution in [0.1, 0.15) is 17.5 Å². The number of aryl methyl sites for hydroxylation is 1. The van der Waals surface area contributed by atoms with Crippen molar-refractivity contribution < 1.29 is 4.39 Å². The summed E-state index contributed by atoms with van der Waals surface area (Å²) >= 11 is 1.71. The lowest BCUT2D eigenvalue weighted by atomic mass is 10.0. The van der Waals surface area contributed by atoms with Crippen LogP contribution in [0.4, 0.5) is 20.8 Å². The summed E-state index contributed by atoms with van der Waals surface area (Å²) in [4.78, 5) is 10.1. The Labute approximate surface area is 203 Å². The minimum atomic E-state index is -0.256. The number of halogens is 1. The Hall–Kier alpha value is -3.22. The number of amidine groups is 1. The molecule has 1 saturated heterocycles. The smallest absolute Gasteiger partial charge is 0.140 e. The molecule has 1 fully saturated rings. The molecule has 172 valence electrons. The molecule has 0 bridgehead atoms. The van der Waals surface area contributed by atoms with E-state index in [4.69, 9.17) is 4.99 Å². The second-order valence-electron chi connectivity index (χ2n) is 9.13. The zero-order valence-electron chi connectivity index (χ0n) is 19.2. The number of piperazine rings is 1. The molecule has 3 heterocycles. The summed E-state index contributed by atoms with van der Waals surface area (Å²) in [6.45, 7) is 2.82. The standard InChI is InChI=1S/C28H27FN4S/c1-32-15-16-33(18-21(32)13-11-19-7-3-2-4-8-19)27-26-22-9-5-6-10-25(22)34-28(26)31-24-17-20(29)12-14-23(24)30-27/h2-10,12,14,17,21,31H,11,13,15-16,18H2,1H3/t21-/m0/s1. The Morgan fingerprint density at radius 3 is 2.74 bits per heavy atom.